The molecule has 0 saturated carbocycles. The van der Waals surface area contributed by atoms with E-state index in [1.807, 2.05) is 30.0 Å². The minimum absolute atomic E-state index is 0.124. The Hall–Kier alpha value is -2.03. The topological polar surface area (TPSA) is 47.0 Å². The van der Waals surface area contributed by atoms with E-state index in [1.54, 1.807) is 6.07 Å². The first-order valence-electron chi connectivity index (χ1n) is 5.78. The Labute approximate surface area is 115 Å². The van der Waals surface area contributed by atoms with Crippen LogP contribution in [0.1, 0.15) is 12.7 Å². The van der Waals surface area contributed by atoms with Crippen LogP contribution in [-0.2, 0) is 12.7 Å². The van der Waals surface area contributed by atoms with Crippen molar-refractivity contribution in [2.75, 3.05) is 0 Å². The second-order valence-corrected chi connectivity index (χ2v) is 5.00. The molecule has 0 aliphatic carbocycles. The number of halogens is 3. The summed E-state index contributed by atoms with van der Waals surface area (Å²) in [7, 11) is 0. The Balaban J connectivity index is 2.11. The summed E-state index contributed by atoms with van der Waals surface area (Å²) < 4.78 is 40.8. The molecule has 9 heteroatoms. The standard InChI is InChI=1S/C11H9F3N5S/c1-2-18-5-3-4-7(6-18)8-17-19-9(11(12,13)14)15-16-10(19)20-8/h3-6H,2H2,1H3/q+1. The lowest BCUT2D eigenvalue weighted by Crippen LogP contribution is -2.30. The van der Waals surface area contributed by atoms with Gasteiger partial charge in [0.1, 0.15) is 6.54 Å². The summed E-state index contributed by atoms with van der Waals surface area (Å²) in [5.74, 6) is -1.10. The molecule has 3 aromatic rings. The number of hydrogen-bond donors (Lipinski definition) is 0. The summed E-state index contributed by atoms with van der Waals surface area (Å²) in [5.41, 5.74) is 0.748. The lowest BCUT2D eigenvalue weighted by Gasteiger charge is -2.00. The van der Waals surface area contributed by atoms with Gasteiger partial charge in [-0.3, -0.25) is 0 Å². The number of alkyl halides is 3. The van der Waals surface area contributed by atoms with E-state index in [2.05, 4.69) is 15.3 Å². The zero-order chi connectivity index (χ0) is 14.3. The van der Waals surface area contributed by atoms with E-state index >= 15 is 0 Å². The van der Waals surface area contributed by atoms with Crippen LogP contribution in [0.25, 0.3) is 15.5 Å². The van der Waals surface area contributed by atoms with E-state index < -0.39 is 12.0 Å². The molecule has 0 saturated heterocycles. The summed E-state index contributed by atoms with van der Waals surface area (Å²) in [6.07, 6.45) is -0.853. The van der Waals surface area contributed by atoms with Crippen molar-refractivity contribution in [3.05, 3.63) is 30.4 Å². The van der Waals surface area contributed by atoms with Gasteiger partial charge in [-0.05, 0) is 13.0 Å². The van der Waals surface area contributed by atoms with Gasteiger partial charge in [0.15, 0.2) is 17.4 Å². The van der Waals surface area contributed by atoms with Gasteiger partial charge < -0.3 is 0 Å². The number of hydrogen-bond acceptors (Lipinski definition) is 4. The normalized spacial score (nSPS) is 12.2. The fourth-order valence-corrected chi connectivity index (χ4v) is 2.58. The molecule has 0 N–H and O–H groups in total. The van der Waals surface area contributed by atoms with E-state index in [-0.39, 0.29) is 4.96 Å². The molecule has 3 heterocycles. The van der Waals surface area contributed by atoms with Crippen molar-refractivity contribution in [3.63, 3.8) is 0 Å². The average molecular weight is 300 g/mol. The van der Waals surface area contributed by atoms with Crippen LogP contribution in [0, 0.1) is 0 Å². The predicted octanol–water partition coefficient (Wildman–Crippen LogP) is 2.18. The minimum Gasteiger partial charge on any atom is -0.205 e. The van der Waals surface area contributed by atoms with E-state index in [1.165, 1.54) is 0 Å². The number of aromatic nitrogens is 5. The van der Waals surface area contributed by atoms with E-state index in [4.69, 9.17) is 0 Å². The first kappa shape index (κ1) is 13.0. The monoisotopic (exact) mass is 300 g/mol. The zero-order valence-electron chi connectivity index (χ0n) is 10.3. The summed E-state index contributed by atoms with van der Waals surface area (Å²) in [4.78, 5) is 0.124. The molecule has 0 aliphatic heterocycles. The van der Waals surface area contributed by atoms with E-state index in [9.17, 15) is 13.2 Å². The minimum atomic E-state index is -4.56. The number of fused-ring (bicyclic) bond motifs is 1. The molecule has 0 aromatic carbocycles. The number of aryl methyl sites for hydroxylation is 1. The number of nitrogens with zero attached hydrogens (tertiary/aromatic N) is 5. The molecule has 20 heavy (non-hydrogen) atoms. The van der Waals surface area contributed by atoms with Gasteiger partial charge in [0.2, 0.25) is 4.96 Å². The van der Waals surface area contributed by atoms with Crippen molar-refractivity contribution in [2.24, 2.45) is 0 Å². The fourth-order valence-electron chi connectivity index (χ4n) is 1.76. The summed E-state index contributed by atoms with van der Waals surface area (Å²) >= 11 is 1.07. The Kier molecular flexibility index (Phi) is 2.93. The van der Waals surface area contributed by atoms with Gasteiger partial charge in [0.25, 0.3) is 5.82 Å². The van der Waals surface area contributed by atoms with Crippen LogP contribution in [0.3, 0.4) is 0 Å². The van der Waals surface area contributed by atoms with Gasteiger partial charge in [-0.25, -0.2) is 4.57 Å². The van der Waals surface area contributed by atoms with Gasteiger partial charge in [-0.15, -0.1) is 10.2 Å². The molecule has 0 fully saturated rings. The lowest BCUT2D eigenvalue weighted by atomic mass is 10.3. The molecule has 0 amide bonds. The van der Waals surface area contributed by atoms with Gasteiger partial charge in [0.05, 0.1) is 5.56 Å². The Morgan fingerprint density at radius 3 is 2.85 bits per heavy atom. The van der Waals surface area contributed by atoms with Gasteiger partial charge in [-0.2, -0.15) is 22.8 Å². The Morgan fingerprint density at radius 1 is 1.35 bits per heavy atom. The maximum Gasteiger partial charge on any atom is 0.453 e. The molecule has 104 valence electrons. The second kappa shape index (κ2) is 4.51. The molecule has 0 aliphatic rings. The van der Waals surface area contributed by atoms with Crippen LogP contribution in [0.2, 0.25) is 0 Å². The molecular weight excluding hydrogens is 291 g/mol. The SMILES string of the molecule is CC[n+]1cccc(-c2nn3c(C(F)(F)F)nnc3s2)c1. The van der Waals surface area contributed by atoms with Crippen molar-refractivity contribution in [2.45, 2.75) is 19.6 Å². The molecule has 0 radical (unpaired) electrons. The third-order valence-electron chi connectivity index (χ3n) is 2.71. The van der Waals surface area contributed by atoms with Crippen LogP contribution >= 0.6 is 11.3 Å². The maximum absolute atomic E-state index is 12.7. The van der Waals surface area contributed by atoms with Crippen LogP contribution in [-0.4, -0.2) is 19.8 Å². The highest BCUT2D eigenvalue weighted by Crippen LogP contribution is 2.31. The van der Waals surface area contributed by atoms with Crippen LogP contribution in [0.5, 0.6) is 0 Å². The summed E-state index contributed by atoms with van der Waals surface area (Å²) in [6, 6.07) is 3.62. The third-order valence-corrected chi connectivity index (χ3v) is 3.66. The largest absolute Gasteiger partial charge is 0.453 e. The van der Waals surface area contributed by atoms with Crippen molar-refractivity contribution < 1.29 is 17.7 Å². The Bertz CT molecular complexity index is 761. The maximum atomic E-state index is 12.7. The van der Waals surface area contributed by atoms with E-state index in [0.717, 1.165) is 28.0 Å². The molecule has 5 nitrogen and oxygen atoms in total. The fraction of sp³-hybridized carbons (Fsp3) is 0.273. The smallest absolute Gasteiger partial charge is 0.205 e. The molecule has 0 spiro atoms. The van der Waals surface area contributed by atoms with Gasteiger partial charge in [0, 0.05) is 6.07 Å². The molecule has 3 rings (SSSR count). The molecule has 0 unspecified atom stereocenters. The lowest BCUT2D eigenvalue weighted by molar-refractivity contribution is -0.693. The average Bonchev–Trinajstić information content (AvgIpc) is 2.97. The third kappa shape index (κ3) is 2.13. The second-order valence-electron chi connectivity index (χ2n) is 4.05. The van der Waals surface area contributed by atoms with Gasteiger partial charge >= 0.3 is 6.18 Å². The number of pyridine rings is 1. The quantitative estimate of drug-likeness (QED) is 0.682. The molecule has 0 bridgehead atoms. The van der Waals surface area contributed by atoms with Crippen LogP contribution in [0.15, 0.2) is 24.5 Å². The summed E-state index contributed by atoms with van der Waals surface area (Å²) in [5, 5.41) is 11.1. The highest BCUT2D eigenvalue weighted by atomic mass is 32.1. The molecular formula is C11H9F3N5S+. The number of rotatable bonds is 2. The predicted molar refractivity (Wildman–Crippen MR) is 65.0 cm³/mol. The molecule has 3 aromatic heterocycles. The van der Waals surface area contributed by atoms with Crippen molar-refractivity contribution in [3.8, 4) is 10.6 Å². The highest BCUT2D eigenvalue weighted by Gasteiger charge is 2.38. The van der Waals surface area contributed by atoms with Crippen molar-refractivity contribution in [1.29, 1.82) is 0 Å². The van der Waals surface area contributed by atoms with E-state index in [0.29, 0.717) is 5.01 Å². The highest BCUT2D eigenvalue weighted by molar-refractivity contribution is 7.19. The summed E-state index contributed by atoms with van der Waals surface area (Å²) in [6.45, 7) is 2.75. The van der Waals surface area contributed by atoms with Crippen LogP contribution in [0.4, 0.5) is 13.2 Å². The van der Waals surface area contributed by atoms with Crippen molar-refractivity contribution >= 4 is 16.3 Å². The zero-order valence-corrected chi connectivity index (χ0v) is 11.1. The molecule has 0 atom stereocenters. The first-order chi connectivity index (χ1) is 9.49. The van der Waals surface area contributed by atoms with Crippen molar-refractivity contribution in [1.82, 2.24) is 19.8 Å². The van der Waals surface area contributed by atoms with Gasteiger partial charge in [-0.1, -0.05) is 11.3 Å². The van der Waals surface area contributed by atoms with Crippen LogP contribution < -0.4 is 4.57 Å². The Morgan fingerprint density at radius 2 is 2.15 bits per heavy atom. The first-order valence-corrected chi connectivity index (χ1v) is 6.59.